The van der Waals surface area contributed by atoms with E-state index in [1.807, 2.05) is 0 Å². The number of aliphatic hydroxyl groups is 1. The summed E-state index contributed by atoms with van der Waals surface area (Å²) in [6, 6.07) is 16.0. The van der Waals surface area contributed by atoms with E-state index in [1.165, 1.54) is 43.5 Å². The van der Waals surface area contributed by atoms with Crippen LogP contribution in [0.5, 0.6) is 11.5 Å². The van der Waals surface area contributed by atoms with Crippen LogP contribution >= 0.6 is 7.82 Å². The van der Waals surface area contributed by atoms with Gasteiger partial charge in [0.2, 0.25) is 0 Å². The highest BCUT2D eigenvalue weighted by Crippen LogP contribution is 2.52. The van der Waals surface area contributed by atoms with E-state index in [4.69, 9.17) is 42.0 Å². The third-order valence-electron chi connectivity index (χ3n) is 5.28. The molecule has 222 valence electrons. The smallest absolute Gasteiger partial charge is 0.430 e. The Morgan fingerprint density at radius 3 is 1.78 bits per heavy atom. The van der Waals surface area contributed by atoms with Crippen molar-refractivity contribution in [2.45, 2.75) is 30.7 Å². The molecule has 0 unspecified atom stereocenters. The maximum Gasteiger partial charge on any atom is 0.588 e. The number of rotatable bonds is 14. The maximum absolute atomic E-state index is 14.1. The molecule has 2 aromatic rings. The predicted octanol–water partition coefficient (Wildman–Crippen LogP) is 4.42. The molecule has 0 bridgehead atoms. The van der Waals surface area contributed by atoms with E-state index in [0.717, 1.165) is 0 Å². The number of phosphoric ester groups is 1. The molecule has 1 saturated heterocycles. The van der Waals surface area contributed by atoms with Crippen LogP contribution in [0.3, 0.4) is 0 Å². The van der Waals surface area contributed by atoms with E-state index in [1.54, 1.807) is 36.4 Å². The summed E-state index contributed by atoms with van der Waals surface area (Å²) in [5.74, 6) is 0.227. The van der Waals surface area contributed by atoms with E-state index in [-0.39, 0.29) is 24.7 Å². The molecule has 2 aromatic carbocycles. The second kappa shape index (κ2) is 15.8. The number of benzene rings is 2. The highest BCUT2D eigenvalue weighted by molar-refractivity contribution is 7.49. The summed E-state index contributed by atoms with van der Waals surface area (Å²) in [5.41, 5.74) is 0. The lowest BCUT2D eigenvalue weighted by Gasteiger charge is -2.43. The third kappa shape index (κ3) is 9.34. The molecule has 1 aliphatic rings. The molecule has 0 amide bonds. The Morgan fingerprint density at radius 1 is 0.854 bits per heavy atom. The van der Waals surface area contributed by atoms with Gasteiger partial charge in [-0.05, 0) is 24.3 Å². The minimum absolute atomic E-state index is 0.113. The molecule has 1 N–H and O–H groups in total. The third-order valence-corrected chi connectivity index (χ3v) is 6.65. The lowest BCUT2D eigenvalue weighted by Crippen LogP contribution is -2.62. The summed E-state index contributed by atoms with van der Waals surface area (Å²) in [7, 11) is -3.43. The molecular formula is C27H31O13P. The van der Waals surface area contributed by atoms with Crippen LogP contribution in [-0.2, 0) is 37.5 Å². The Bertz CT molecular complexity index is 1130. The van der Waals surface area contributed by atoms with Crippen LogP contribution in [0.4, 0.5) is 9.59 Å². The summed E-state index contributed by atoms with van der Waals surface area (Å²) in [5, 5.41) is 10.2. The molecule has 14 heteroatoms. The number of carbonyl (C=O) groups is 2. The molecule has 1 fully saturated rings. The zero-order valence-electron chi connectivity index (χ0n) is 22.1. The van der Waals surface area contributed by atoms with Gasteiger partial charge in [0.25, 0.3) is 0 Å². The van der Waals surface area contributed by atoms with Crippen molar-refractivity contribution in [3.8, 4) is 11.5 Å². The molecule has 3 rings (SSSR count). The molecule has 13 nitrogen and oxygen atoms in total. The van der Waals surface area contributed by atoms with E-state index in [9.17, 15) is 19.3 Å². The number of hydrogen-bond donors (Lipinski definition) is 1. The number of para-hydroxylation sites is 2. The van der Waals surface area contributed by atoms with Crippen LogP contribution in [0.1, 0.15) is 0 Å². The van der Waals surface area contributed by atoms with Crippen LogP contribution in [-0.4, -0.2) is 75.1 Å². The highest BCUT2D eigenvalue weighted by atomic mass is 31.2. The predicted molar refractivity (Wildman–Crippen MR) is 142 cm³/mol. The van der Waals surface area contributed by atoms with E-state index in [2.05, 4.69) is 13.2 Å². The maximum atomic E-state index is 14.1. The van der Waals surface area contributed by atoms with Gasteiger partial charge in [-0.3, -0.25) is 4.52 Å². The molecule has 0 saturated carbocycles. The minimum Gasteiger partial charge on any atom is -0.430 e. The van der Waals surface area contributed by atoms with Gasteiger partial charge in [0.05, 0.1) is 6.61 Å². The molecule has 5 atom stereocenters. The first kappa shape index (κ1) is 31.7. The van der Waals surface area contributed by atoms with Gasteiger partial charge in [0, 0.05) is 7.11 Å². The van der Waals surface area contributed by atoms with Gasteiger partial charge < -0.3 is 42.6 Å². The summed E-state index contributed by atoms with van der Waals surface area (Å²) >= 11 is 0. The van der Waals surface area contributed by atoms with Crippen molar-refractivity contribution < 1.29 is 61.3 Å². The van der Waals surface area contributed by atoms with Crippen LogP contribution in [0, 0.1) is 0 Å². The number of carbonyl (C=O) groups excluding carboxylic acids is 2. The second-order valence-corrected chi connectivity index (χ2v) is 9.62. The fraction of sp³-hybridized carbons (Fsp3) is 0.333. The van der Waals surface area contributed by atoms with Gasteiger partial charge in [0.15, 0.2) is 18.5 Å². The molecule has 1 aliphatic heterocycles. The Balaban J connectivity index is 2.02. The van der Waals surface area contributed by atoms with Crippen LogP contribution < -0.4 is 9.05 Å². The summed E-state index contributed by atoms with van der Waals surface area (Å²) in [6.07, 6.45) is -7.42. The van der Waals surface area contributed by atoms with Crippen molar-refractivity contribution in [1.82, 2.24) is 0 Å². The van der Waals surface area contributed by atoms with Crippen molar-refractivity contribution in [3.63, 3.8) is 0 Å². The van der Waals surface area contributed by atoms with Crippen molar-refractivity contribution in [2.24, 2.45) is 0 Å². The largest absolute Gasteiger partial charge is 0.588 e. The SMILES string of the molecule is C=CCOC(=O)O[C@@H]1[C@@H](OC(=O)OCC=C)[C@@H](OC)O[C@H](CO)[C@H]1OP(=O)(Oc1ccccc1)Oc1ccccc1. The van der Waals surface area contributed by atoms with Crippen molar-refractivity contribution in [3.05, 3.63) is 86.0 Å². The van der Waals surface area contributed by atoms with Gasteiger partial charge in [-0.25, -0.2) is 14.2 Å². The van der Waals surface area contributed by atoms with Gasteiger partial charge in [-0.15, -0.1) is 0 Å². The Labute approximate surface area is 236 Å². The lowest BCUT2D eigenvalue weighted by atomic mass is 9.99. The minimum atomic E-state index is -4.66. The normalized spacial score (nSPS) is 22.0. The van der Waals surface area contributed by atoms with Crippen molar-refractivity contribution >= 4 is 20.1 Å². The molecule has 0 spiro atoms. The average molecular weight is 595 g/mol. The standard InChI is InChI=1S/C27H31O13P/c1-4-16-33-26(29)36-23-22(21(18-28)35-25(32-3)24(23)37-27(30)34-17-5-2)40-41(31,38-19-12-8-6-9-13-19)39-20-14-10-7-11-15-20/h4-15,21-25,28H,1-2,16-18H2,3H3/t21-,22-,23+,24-,25+/m1/s1. The number of aliphatic hydroxyl groups excluding tert-OH is 1. The molecule has 0 radical (unpaired) electrons. The number of ether oxygens (including phenoxy) is 6. The Morgan fingerprint density at radius 2 is 1.34 bits per heavy atom. The number of phosphoric acid groups is 1. The molecular weight excluding hydrogens is 563 g/mol. The Hall–Kier alpha value is -3.87. The van der Waals surface area contributed by atoms with Crippen LogP contribution in [0.15, 0.2) is 86.0 Å². The molecule has 0 aromatic heterocycles. The monoisotopic (exact) mass is 594 g/mol. The molecule has 41 heavy (non-hydrogen) atoms. The van der Waals surface area contributed by atoms with Crippen LogP contribution in [0.25, 0.3) is 0 Å². The summed E-state index contributed by atoms with van der Waals surface area (Å²) < 4.78 is 62.9. The number of methoxy groups -OCH3 is 1. The number of hydrogen-bond acceptors (Lipinski definition) is 13. The fourth-order valence-corrected chi connectivity index (χ4v) is 5.01. The Kier molecular flexibility index (Phi) is 12.2. The van der Waals surface area contributed by atoms with Crippen molar-refractivity contribution in [1.29, 1.82) is 0 Å². The van der Waals surface area contributed by atoms with E-state index < -0.39 is 57.4 Å². The first-order chi connectivity index (χ1) is 19.8. The second-order valence-electron chi connectivity index (χ2n) is 8.15. The van der Waals surface area contributed by atoms with Gasteiger partial charge in [-0.1, -0.05) is 61.7 Å². The summed E-state index contributed by atoms with van der Waals surface area (Å²) in [4.78, 5) is 24.9. The first-order valence-corrected chi connectivity index (χ1v) is 13.7. The molecule has 0 aliphatic carbocycles. The zero-order valence-corrected chi connectivity index (χ0v) is 23.0. The van der Waals surface area contributed by atoms with E-state index >= 15 is 0 Å². The highest BCUT2D eigenvalue weighted by Gasteiger charge is 2.55. The van der Waals surface area contributed by atoms with E-state index in [0.29, 0.717) is 0 Å². The van der Waals surface area contributed by atoms with Gasteiger partial charge in [-0.2, -0.15) is 0 Å². The van der Waals surface area contributed by atoms with Crippen LogP contribution in [0.2, 0.25) is 0 Å². The quantitative estimate of drug-likeness (QED) is 0.187. The molecule has 1 heterocycles. The first-order valence-electron chi connectivity index (χ1n) is 12.3. The lowest BCUT2D eigenvalue weighted by molar-refractivity contribution is -0.293. The topological polar surface area (TPSA) is 155 Å². The van der Waals surface area contributed by atoms with Crippen molar-refractivity contribution in [2.75, 3.05) is 26.9 Å². The fourth-order valence-electron chi connectivity index (χ4n) is 3.58. The van der Waals surface area contributed by atoms with Gasteiger partial charge >= 0.3 is 20.1 Å². The summed E-state index contributed by atoms with van der Waals surface area (Å²) in [6.45, 7) is 5.76. The van der Waals surface area contributed by atoms with Gasteiger partial charge in [0.1, 0.15) is 36.9 Å². The average Bonchev–Trinajstić information content (AvgIpc) is 2.97. The zero-order chi connectivity index (χ0) is 29.7.